The van der Waals surface area contributed by atoms with Crippen LogP contribution in [0.2, 0.25) is 0 Å². The van der Waals surface area contributed by atoms with Gasteiger partial charge >= 0.3 is 0 Å². The number of carbonyl (C=O) groups excluding carboxylic acids is 1. The zero-order chi connectivity index (χ0) is 12.9. The predicted molar refractivity (Wildman–Crippen MR) is 63.9 cm³/mol. The Labute approximate surface area is 98.9 Å². The summed E-state index contributed by atoms with van der Waals surface area (Å²) < 4.78 is 5.57. The van der Waals surface area contributed by atoms with Gasteiger partial charge in [-0.05, 0) is 27.7 Å². The summed E-state index contributed by atoms with van der Waals surface area (Å²) in [5.41, 5.74) is -0.761. The Kier molecular flexibility index (Phi) is 6.15. The molecule has 0 aliphatic carbocycles. The van der Waals surface area contributed by atoms with Gasteiger partial charge in [0, 0.05) is 13.0 Å². The molecule has 0 aromatic rings. The minimum absolute atomic E-state index is 0.0219. The van der Waals surface area contributed by atoms with Crippen LogP contribution in [-0.2, 0) is 14.4 Å². The van der Waals surface area contributed by atoms with Gasteiger partial charge in [0.15, 0.2) is 5.78 Å². The molecule has 0 rings (SSSR count). The number of rotatable bonds is 7. The molecule has 16 heavy (non-hydrogen) atoms. The molecule has 0 saturated heterocycles. The number of ether oxygens (including phenoxy) is 1. The van der Waals surface area contributed by atoms with E-state index in [9.17, 15) is 4.79 Å². The lowest BCUT2D eigenvalue weighted by Gasteiger charge is -2.28. The molecule has 0 aromatic heterocycles. The number of nitrogens with zero attached hydrogens (tertiary/aromatic N) is 1. The van der Waals surface area contributed by atoms with E-state index in [0.717, 1.165) is 0 Å². The minimum Gasteiger partial charge on any atom is -0.350 e. The normalized spacial score (nSPS) is 12.9. The molecule has 4 heteroatoms. The maximum absolute atomic E-state index is 11.8. The van der Waals surface area contributed by atoms with Crippen LogP contribution >= 0.6 is 0 Å². The Hall–Kier alpha value is -0.450. The molecule has 0 atom stereocenters. The highest BCUT2D eigenvalue weighted by Gasteiger charge is 2.30. The van der Waals surface area contributed by atoms with Crippen molar-refractivity contribution in [1.29, 1.82) is 0 Å². The molecular weight excluding hydrogens is 206 g/mol. The van der Waals surface area contributed by atoms with Gasteiger partial charge in [-0.1, -0.05) is 13.8 Å². The molecule has 0 bridgehead atoms. The molecule has 0 aromatic carbocycles. The quantitative estimate of drug-likeness (QED) is 0.497. The molecule has 0 radical (unpaired) electrons. The molecule has 0 amide bonds. The fourth-order valence-electron chi connectivity index (χ4n) is 1.41. The van der Waals surface area contributed by atoms with Gasteiger partial charge in [-0.25, -0.2) is 0 Å². The maximum Gasteiger partial charge on any atom is 0.166 e. The monoisotopic (exact) mass is 231 g/mol. The average molecular weight is 231 g/mol. The fourth-order valence-corrected chi connectivity index (χ4v) is 1.41. The summed E-state index contributed by atoms with van der Waals surface area (Å²) in [6, 6.07) is 0. The molecule has 0 aliphatic heterocycles. The van der Waals surface area contributed by atoms with Gasteiger partial charge in [0.1, 0.15) is 12.3 Å². The first-order chi connectivity index (χ1) is 7.16. The summed E-state index contributed by atoms with van der Waals surface area (Å²) in [5, 5.41) is 1.60. The van der Waals surface area contributed by atoms with E-state index in [-0.39, 0.29) is 24.5 Å². The van der Waals surface area contributed by atoms with E-state index < -0.39 is 5.60 Å². The van der Waals surface area contributed by atoms with Crippen molar-refractivity contribution in [2.45, 2.75) is 53.2 Å². The smallest absolute Gasteiger partial charge is 0.166 e. The SMILES string of the molecule is CC(C)ON(C)COC(C)(C)C(=O)C(C)C. The van der Waals surface area contributed by atoms with E-state index in [2.05, 4.69) is 0 Å². The van der Waals surface area contributed by atoms with E-state index in [0.29, 0.717) is 0 Å². The Bertz CT molecular complexity index is 224. The van der Waals surface area contributed by atoms with Gasteiger partial charge in [-0.3, -0.25) is 9.63 Å². The van der Waals surface area contributed by atoms with Crippen LogP contribution in [0.1, 0.15) is 41.5 Å². The molecular formula is C12H25NO3. The van der Waals surface area contributed by atoms with Gasteiger partial charge in [0.2, 0.25) is 0 Å². The highest BCUT2D eigenvalue weighted by molar-refractivity contribution is 5.88. The molecule has 96 valence electrons. The standard InChI is InChI=1S/C12H25NO3/c1-9(2)11(14)12(5,6)15-8-13(7)16-10(3)4/h9-10H,8H2,1-7H3. The van der Waals surface area contributed by atoms with Crippen molar-refractivity contribution in [2.75, 3.05) is 13.8 Å². The van der Waals surface area contributed by atoms with Gasteiger partial charge < -0.3 is 4.74 Å². The number of ketones is 1. The zero-order valence-corrected chi connectivity index (χ0v) is 11.5. The van der Waals surface area contributed by atoms with Gasteiger partial charge in [-0.2, -0.15) is 5.06 Å². The van der Waals surface area contributed by atoms with Crippen LogP contribution in [0, 0.1) is 5.92 Å². The summed E-state index contributed by atoms with van der Waals surface area (Å²) >= 11 is 0. The second-order valence-corrected chi connectivity index (χ2v) is 5.08. The fraction of sp³-hybridized carbons (Fsp3) is 0.917. The van der Waals surface area contributed by atoms with Crippen molar-refractivity contribution in [3.05, 3.63) is 0 Å². The van der Waals surface area contributed by atoms with Crippen LogP contribution in [0.25, 0.3) is 0 Å². The largest absolute Gasteiger partial charge is 0.350 e. The first-order valence-electron chi connectivity index (χ1n) is 5.73. The second-order valence-electron chi connectivity index (χ2n) is 5.08. The summed E-state index contributed by atoms with van der Waals surface area (Å²) in [7, 11) is 1.79. The van der Waals surface area contributed by atoms with Crippen LogP contribution in [0.3, 0.4) is 0 Å². The molecule has 0 aliphatic rings. The molecule has 0 heterocycles. The molecule has 0 saturated carbocycles. The Balaban J connectivity index is 4.13. The van der Waals surface area contributed by atoms with Gasteiger partial charge in [0.25, 0.3) is 0 Å². The topological polar surface area (TPSA) is 38.8 Å². The number of carbonyl (C=O) groups is 1. The van der Waals surface area contributed by atoms with E-state index in [4.69, 9.17) is 9.57 Å². The van der Waals surface area contributed by atoms with Crippen molar-refractivity contribution in [3.8, 4) is 0 Å². The van der Waals surface area contributed by atoms with Gasteiger partial charge in [-0.15, -0.1) is 0 Å². The van der Waals surface area contributed by atoms with Crippen molar-refractivity contribution < 1.29 is 14.4 Å². The zero-order valence-electron chi connectivity index (χ0n) is 11.5. The lowest BCUT2D eigenvalue weighted by atomic mass is 9.94. The summed E-state index contributed by atoms with van der Waals surface area (Å²) in [5.74, 6) is 0.0803. The summed E-state index contributed by atoms with van der Waals surface area (Å²) in [6.07, 6.45) is 0.109. The van der Waals surface area contributed by atoms with Crippen LogP contribution in [0.4, 0.5) is 0 Å². The molecule has 0 spiro atoms. The molecule has 0 N–H and O–H groups in total. The Morgan fingerprint density at radius 3 is 2.12 bits per heavy atom. The lowest BCUT2D eigenvalue weighted by Crippen LogP contribution is -2.41. The Morgan fingerprint density at radius 1 is 1.25 bits per heavy atom. The first kappa shape index (κ1) is 15.6. The predicted octanol–water partition coefficient (Wildman–Crippen LogP) is 2.24. The molecule has 4 nitrogen and oxygen atoms in total. The maximum atomic E-state index is 11.8. The third-order valence-electron chi connectivity index (χ3n) is 2.12. The van der Waals surface area contributed by atoms with Crippen molar-refractivity contribution in [3.63, 3.8) is 0 Å². The third kappa shape index (κ3) is 5.58. The first-order valence-corrected chi connectivity index (χ1v) is 5.73. The van der Waals surface area contributed by atoms with E-state index in [1.807, 2.05) is 27.7 Å². The van der Waals surface area contributed by atoms with Crippen LogP contribution in [-0.4, -0.2) is 36.3 Å². The van der Waals surface area contributed by atoms with E-state index >= 15 is 0 Å². The molecule has 0 fully saturated rings. The number of hydrogen-bond acceptors (Lipinski definition) is 4. The second kappa shape index (κ2) is 6.33. The van der Waals surface area contributed by atoms with E-state index in [1.54, 1.807) is 26.0 Å². The summed E-state index contributed by atoms with van der Waals surface area (Å²) in [6.45, 7) is 11.5. The molecule has 0 unspecified atom stereocenters. The number of hydrogen-bond donors (Lipinski definition) is 0. The Morgan fingerprint density at radius 2 is 1.75 bits per heavy atom. The van der Waals surface area contributed by atoms with Crippen molar-refractivity contribution >= 4 is 5.78 Å². The minimum atomic E-state index is -0.761. The van der Waals surface area contributed by atoms with Crippen molar-refractivity contribution in [1.82, 2.24) is 5.06 Å². The van der Waals surface area contributed by atoms with E-state index in [1.165, 1.54) is 0 Å². The van der Waals surface area contributed by atoms with Crippen LogP contribution in [0.15, 0.2) is 0 Å². The van der Waals surface area contributed by atoms with Crippen molar-refractivity contribution in [2.24, 2.45) is 5.92 Å². The van der Waals surface area contributed by atoms with Crippen LogP contribution in [0.5, 0.6) is 0 Å². The third-order valence-corrected chi connectivity index (χ3v) is 2.12. The highest BCUT2D eigenvalue weighted by atomic mass is 16.7. The highest BCUT2D eigenvalue weighted by Crippen LogP contribution is 2.16. The summed E-state index contributed by atoms with van der Waals surface area (Å²) in [4.78, 5) is 17.2. The lowest BCUT2D eigenvalue weighted by molar-refractivity contribution is -0.232. The number of hydroxylamine groups is 2. The van der Waals surface area contributed by atoms with Crippen LogP contribution < -0.4 is 0 Å². The average Bonchev–Trinajstić information content (AvgIpc) is 2.12. The van der Waals surface area contributed by atoms with Gasteiger partial charge in [0.05, 0.1) is 6.10 Å². The number of Topliss-reactive ketones (excluding diaryl/α,β-unsaturated/α-hetero) is 1.